The maximum Gasteiger partial charge on any atom is 0.338 e. The molecule has 2 saturated carbocycles. The summed E-state index contributed by atoms with van der Waals surface area (Å²) in [6.45, 7) is 1.16. The van der Waals surface area contributed by atoms with E-state index in [9.17, 15) is 19.2 Å². The molecule has 0 radical (unpaired) electrons. The molecule has 172 valence electrons. The molecule has 2 aliphatic carbocycles. The smallest absolute Gasteiger partial charge is 0.338 e. The van der Waals surface area contributed by atoms with E-state index in [2.05, 4.69) is 10.5 Å². The molecule has 2 heterocycles. The van der Waals surface area contributed by atoms with Crippen LogP contribution in [-0.4, -0.2) is 46.2 Å². The van der Waals surface area contributed by atoms with Gasteiger partial charge in [0.15, 0.2) is 12.4 Å². The van der Waals surface area contributed by atoms with Gasteiger partial charge in [0.1, 0.15) is 5.76 Å². The lowest BCUT2D eigenvalue weighted by molar-refractivity contribution is -0.123. The number of nitrogens with one attached hydrogen (secondary N) is 1. The molecule has 11 heteroatoms. The summed E-state index contributed by atoms with van der Waals surface area (Å²) >= 11 is 12.8. The second-order valence-electron chi connectivity index (χ2n) is 8.51. The van der Waals surface area contributed by atoms with Crippen LogP contribution in [0, 0.1) is 30.6 Å². The molecule has 0 spiro atoms. The molecule has 1 aromatic heterocycles. The lowest BCUT2D eigenvalue weighted by Crippen LogP contribution is -2.37. The molecule has 3 fully saturated rings. The highest BCUT2D eigenvalue weighted by Crippen LogP contribution is 2.59. The van der Waals surface area contributed by atoms with Crippen LogP contribution in [0.4, 0.5) is 11.5 Å². The van der Waals surface area contributed by atoms with Crippen molar-refractivity contribution in [2.75, 3.05) is 16.8 Å². The third-order valence-electron chi connectivity index (χ3n) is 6.58. The molecule has 1 N–H and O–H groups in total. The topological polar surface area (TPSA) is 119 Å². The van der Waals surface area contributed by atoms with Gasteiger partial charge in [0.2, 0.25) is 11.8 Å². The van der Waals surface area contributed by atoms with Crippen molar-refractivity contribution in [3.63, 3.8) is 0 Å². The number of amides is 3. The van der Waals surface area contributed by atoms with E-state index in [1.54, 1.807) is 6.92 Å². The van der Waals surface area contributed by atoms with Crippen molar-refractivity contribution < 1.29 is 28.4 Å². The number of ether oxygens (including phenoxy) is 1. The van der Waals surface area contributed by atoms with Crippen molar-refractivity contribution in [2.24, 2.45) is 23.7 Å². The van der Waals surface area contributed by atoms with Crippen LogP contribution in [-0.2, 0) is 19.1 Å². The van der Waals surface area contributed by atoms with Gasteiger partial charge < -0.3 is 14.6 Å². The highest BCUT2D eigenvalue weighted by Gasteiger charge is 2.66. The predicted molar refractivity (Wildman–Crippen MR) is 117 cm³/mol. The second kappa shape index (κ2) is 8.14. The molecule has 9 nitrogen and oxygen atoms in total. The van der Waals surface area contributed by atoms with Gasteiger partial charge >= 0.3 is 5.97 Å². The highest BCUT2D eigenvalue weighted by atomic mass is 35.5. The first-order valence-corrected chi connectivity index (χ1v) is 11.3. The Hall–Kier alpha value is -2.91. The van der Waals surface area contributed by atoms with Gasteiger partial charge in [-0.2, -0.15) is 0 Å². The van der Waals surface area contributed by atoms with E-state index in [1.165, 1.54) is 30.3 Å². The normalized spacial score (nSPS) is 30.0. The Bertz CT molecular complexity index is 1120. The predicted octanol–water partition coefficient (Wildman–Crippen LogP) is 2.75. The van der Waals surface area contributed by atoms with Gasteiger partial charge in [0.05, 0.1) is 33.8 Å². The largest absolute Gasteiger partial charge is 0.452 e. The summed E-state index contributed by atoms with van der Waals surface area (Å²) in [5, 5.41) is 5.42. The molecule has 1 aliphatic heterocycles. The first kappa shape index (κ1) is 21.9. The molecule has 1 saturated heterocycles. The van der Waals surface area contributed by atoms with Gasteiger partial charge in [-0.3, -0.25) is 19.3 Å². The molecule has 33 heavy (non-hydrogen) atoms. The number of carbonyl (C=O) groups excluding carboxylic acids is 4. The summed E-state index contributed by atoms with van der Waals surface area (Å²) in [5.74, 6) is -2.21. The lowest BCUT2D eigenvalue weighted by Gasteiger charge is -2.28. The molecule has 0 unspecified atom stereocenters. The van der Waals surface area contributed by atoms with Crippen LogP contribution in [0.25, 0.3) is 0 Å². The van der Waals surface area contributed by atoms with Gasteiger partial charge in [-0.25, -0.2) is 4.79 Å². The number of imide groups is 1. The average Bonchev–Trinajstić information content (AvgIpc) is 3.52. The summed E-state index contributed by atoms with van der Waals surface area (Å²) in [6.07, 6.45) is 0.692. The number of esters is 1. The van der Waals surface area contributed by atoms with E-state index in [-0.39, 0.29) is 45.8 Å². The number of hydrogen-bond acceptors (Lipinski definition) is 7. The van der Waals surface area contributed by atoms with E-state index >= 15 is 0 Å². The Labute approximate surface area is 198 Å². The summed E-state index contributed by atoms with van der Waals surface area (Å²) in [4.78, 5) is 51.4. The molecule has 2 bridgehead atoms. The SMILES string of the molecule is Cc1cc(NC(=O)COC(=O)c2ccc(N3C(=O)[C@@H]4[C@H]5C[C@@H]([C@H](Cl)[C@H]5Cl)[C@@H]4C3=O)cc2)no1. The van der Waals surface area contributed by atoms with Crippen LogP contribution in [0.3, 0.4) is 0 Å². The fourth-order valence-corrected chi connectivity index (χ4v) is 6.06. The quantitative estimate of drug-likeness (QED) is 0.387. The van der Waals surface area contributed by atoms with Gasteiger partial charge in [0.25, 0.3) is 5.91 Å². The Morgan fingerprint density at radius 3 is 2.27 bits per heavy atom. The van der Waals surface area contributed by atoms with Crippen LogP contribution in [0.1, 0.15) is 22.5 Å². The molecule has 3 amide bonds. The zero-order chi connectivity index (χ0) is 23.4. The van der Waals surface area contributed by atoms with Gasteiger partial charge in [-0.05, 0) is 49.4 Å². The van der Waals surface area contributed by atoms with Gasteiger partial charge in [-0.1, -0.05) is 5.16 Å². The third-order valence-corrected chi connectivity index (χ3v) is 7.90. The van der Waals surface area contributed by atoms with Crippen molar-refractivity contribution in [3.05, 3.63) is 41.7 Å². The minimum atomic E-state index is -0.725. The average molecular weight is 492 g/mol. The lowest BCUT2D eigenvalue weighted by atomic mass is 9.80. The Morgan fingerprint density at radius 1 is 1.12 bits per heavy atom. The van der Waals surface area contributed by atoms with Gasteiger partial charge in [0, 0.05) is 6.07 Å². The van der Waals surface area contributed by atoms with Crippen LogP contribution >= 0.6 is 23.2 Å². The molecular weight excluding hydrogens is 473 g/mol. The summed E-state index contributed by atoms with van der Waals surface area (Å²) in [7, 11) is 0. The summed E-state index contributed by atoms with van der Waals surface area (Å²) < 4.78 is 9.85. The van der Waals surface area contributed by atoms with Crippen LogP contribution in [0.5, 0.6) is 0 Å². The van der Waals surface area contributed by atoms with Crippen molar-refractivity contribution >= 4 is 58.4 Å². The van der Waals surface area contributed by atoms with E-state index in [0.717, 1.165) is 4.90 Å². The van der Waals surface area contributed by atoms with E-state index < -0.39 is 30.3 Å². The van der Waals surface area contributed by atoms with E-state index in [0.29, 0.717) is 17.9 Å². The number of halogens is 2. The number of carbonyl (C=O) groups is 4. The van der Waals surface area contributed by atoms with Gasteiger partial charge in [-0.15, -0.1) is 23.2 Å². The van der Waals surface area contributed by atoms with E-state index in [1.807, 2.05) is 0 Å². The van der Waals surface area contributed by atoms with Crippen LogP contribution < -0.4 is 10.2 Å². The molecular formula is C22H19Cl2N3O6. The molecule has 6 atom stereocenters. The zero-order valence-corrected chi connectivity index (χ0v) is 18.9. The summed E-state index contributed by atoms with van der Waals surface area (Å²) in [5.41, 5.74) is 0.538. The molecule has 5 rings (SSSR count). The highest BCUT2D eigenvalue weighted by molar-refractivity contribution is 6.32. The number of hydrogen-bond donors (Lipinski definition) is 1. The second-order valence-corrected chi connectivity index (χ2v) is 9.52. The first-order chi connectivity index (χ1) is 15.8. The van der Waals surface area contributed by atoms with Crippen molar-refractivity contribution in [1.82, 2.24) is 5.16 Å². The third kappa shape index (κ3) is 3.59. The maximum atomic E-state index is 13.0. The number of benzene rings is 1. The molecule has 3 aliphatic rings. The number of rotatable bonds is 5. The monoisotopic (exact) mass is 491 g/mol. The number of aryl methyl sites for hydroxylation is 1. The van der Waals surface area contributed by atoms with Crippen LogP contribution in [0.15, 0.2) is 34.9 Å². The number of anilines is 2. The molecule has 1 aromatic carbocycles. The maximum absolute atomic E-state index is 13.0. The standard InChI is InChI=1S/C22H19Cl2N3O6/c1-9-6-14(26-33-9)25-15(28)8-32-22(31)10-2-4-11(5-3-10)27-20(29)16-12-7-13(17(16)21(27)30)19(24)18(12)23/h2-6,12-13,16-19H,7-8H2,1H3,(H,25,26,28)/t12-,13-,16-,17+,18+,19+/m1/s1. The fraction of sp³-hybridized carbons (Fsp3) is 0.409. The minimum absolute atomic E-state index is 0.104. The fourth-order valence-electron chi connectivity index (χ4n) is 5.17. The number of aromatic nitrogens is 1. The van der Waals surface area contributed by atoms with Crippen molar-refractivity contribution in [1.29, 1.82) is 0 Å². The number of fused-ring (bicyclic) bond motifs is 5. The Balaban J connectivity index is 1.23. The Morgan fingerprint density at radius 2 is 1.73 bits per heavy atom. The molecule has 2 aromatic rings. The number of nitrogens with zero attached hydrogens (tertiary/aromatic N) is 2. The number of alkyl halides is 2. The van der Waals surface area contributed by atoms with Crippen molar-refractivity contribution in [3.8, 4) is 0 Å². The minimum Gasteiger partial charge on any atom is -0.452 e. The first-order valence-electron chi connectivity index (χ1n) is 10.4. The van der Waals surface area contributed by atoms with Crippen molar-refractivity contribution in [2.45, 2.75) is 24.1 Å². The van der Waals surface area contributed by atoms with E-state index in [4.69, 9.17) is 32.5 Å². The Kier molecular flexibility index (Phi) is 5.41. The summed E-state index contributed by atoms with van der Waals surface area (Å²) in [6, 6.07) is 7.41. The zero-order valence-electron chi connectivity index (χ0n) is 17.4. The van der Waals surface area contributed by atoms with Crippen LogP contribution in [0.2, 0.25) is 0 Å².